The molecule has 3 aromatic rings. The molecule has 0 unspecified atom stereocenters. The summed E-state index contributed by atoms with van der Waals surface area (Å²) in [5.41, 5.74) is 4.51. The second-order valence-corrected chi connectivity index (χ2v) is 7.20. The lowest BCUT2D eigenvalue weighted by Gasteiger charge is -2.17. The van der Waals surface area contributed by atoms with Crippen LogP contribution in [0, 0.1) is 12.7 Å². The Morgan fingerprint density at radius 3 is 2.93 bits per heavy atom. The van der Waals surface area contributed by atoms with Gasteiger partial charge >= 0.3 is 0 Å². The normalized spacial score (nSPS) is 12.9. The average Bonchev–Trinajstić information content (AvgIpc) is 3.35. The van der Waals surface area contributed by atoms with Crippen molar-refractivity contribution in [3.8, 4) is 11.4 Å². The molecule has 0 aliphatic carbocycles. The fraction of sp³-hybridized carbons (Fsp3) is 0.318. The summed E-state index contributed by atoms with van der Waals surface area (Å²) in [7, 11) is 0. The van der Waals surface area contributed by atoms with Gasteiger partial charge in [-0.25, -0.2) is 4.39 Å². The zero-order valence-electron chi connectivity index (χ0n) is 16.5. The van der Waals surface area contributed by atoms with Crippen molar-refractivity contribution in [2.24, 2.45) is 0 Å². The number of aromatic nitrogens is 2. The predicted molar refractivity (Wildman–Crippen MR) is 109 cm³/mol. The molecule has 0 saturated heterocycles. The van der Waals surface area contributed by atoms with E-state index in [4.69, 9.17) is 4.52 Å². The van der Waals surface area contributed by atoms with Gasteiger partial charge in [0.25, 0.3) is 0 Å². The van der Waals surface area contributed by atoms with Crippen molar-refractivity contribution in [3.05, 3.63) is 59.2 Å². The lowest BCUT2D eigenvalue weighted by Crippen LogP contribution is -2.19. The molecule has 6 nitrogen and oxygen atoms in total. The van der Waals surface area contributed by atoms with Gasteiger partial charge < -0.3 is 14.7 Å². The molecule has 1 amide bonds. The van der Waals surface area contributed by atoms with Crippen LogP contribution in [0.2, 0.25) is 0 Å². The molecule has 2 aromatic carbocycles. The Hall–Kier alpha value is -3.22. The average molecular weight is 394 g/mol. The quantitative estimate of drug-likeness (QED) is 0.680. The Kier molecular flexibility index (Phi) is 5.29. The fourth-order valence-corrected chi connectivity index (χ4v) is 3.55. The molecule has 150 valence electrons. The van der Waals surface area contributed by atoms with Gasteiger partial charge in [-0.05, 0) is 61.7 Å². The number of fused-ring (bicyclic) bond motifs is 1. The number of hydrogen-bond donors (Lipinski definition) is 1. The number of nitrogens with one attached hydrogen (secondary N) is 1. The van der Waals surface area contributed by atoms with E-state index in [1.807, 2.05) is 12.1 Å². The minimum absolute atomic E-state index is 0.108. The monoisotopic (exact) mass is 394 g/mol. The van der Waals surface area contributed by atoms with Gasteiger partial charge in [-0.2, -0.15) is 4.98 Å². The van der Waals surface area contributed by atoms with Crippen LogP contribution in [0.5, 0.6) is 0 Å². The minimum Gasteiger partial charge on any atom is -0.371 e. The highest BCUT2D eigenvalue weighted by molar-refractivity contribution is 5.91. The van der Waals surface area contributed by atoms with E-state index in [0.717, 1.165) is 25.2 Å². The number of hydrogen-bond acceptors (Lipinski definition) is 5. The third-order valence-electron chi connectivity index (χ3n) is 5.19. The molecule has 29 heavy (non-hydrogen) atoms. The van der Waals surface area contributed by atoms with Gasteiger partial charge in [-0.3, -0.25) is 4.79 Å². The van der Waals surface area contributed by atoms with Crippen LogP contribution in [0.4, 0.5) is 15.8 Å². The Balaban J connectivity index is 1.36. The van der Waals surface area contributed by atoms with Gasteiger partial charge in [-0.15, -0.1) is 0 Å². The smallest absolute Gasteiger partial charge is 0.227 e. The lowest BCUT2D eigenvalue weighted by molar-refractivity contribution is -0.116. The molecule has 4 rings (SSSR count). The number of likely N-dealkylation sites (N-methyl/N-ethyl adjacent to an activating group) is 1. The van der Waals surface area contributed by atoms with E-state index in [1.165, 1.54) is 17.3 Å². The van der Waals surface area contributed by atoms with Crippen molar-refractivity contribution in [1.29, 1.82) is 0 Å². The van der Waals surface area contributed by atoms with E-state index < -0.39 is 0 Å². The number of carbonyl (C=O) groups excluding carboxylic acids is 1. The third kappa shape index (κ3) is 4.13. The van der Waals surface area contributed by atoms with E-state index in [9.17, 15) is 9.18 Å². The maximum absolute atomic E-state index is 13.4. The third-order valence-corrected chi connectivity index (χ3v) is 5.19. The van der Waals surface area contributed by atoms with Crippen LogP contribution in [-0.2, 0) is 17.6 Å². The van der Waals surface area contributed by atoms with E-state index in [0.29, 0.717) is 29.3 Å². The maximum atomic E-state index is 13.4. The van der Waals surface area contributed by atoms with Crippen molar-refractivity contribution in [1.82, 2.24) is 10.1 Å². The molecule has 1 aliphatic heterocycles. The first-order valence-corrected chi connectivity index (χ1v) is 9.80. The second-order valence-electron chi connectivity index (χ2n) is 7.20. The van der Waals surface area contributed by atoms with E-state index >= 15 is 0 Å². The molecule has 1 N–H and O–H groups in total. The molecule has 0 fully saturated rings. The molecule has 0 radical (unpaired) electrons. The summed E-state index contributed by atoms with van der Waals surface area (Å²) >= 11 is 0. The van der Waals surface area contributed by atoms with Gasteiger partial charge in [0, 0.05) is 42.9 Å². The molecular weight excluding hydrogens is 371 g/mol. The Labute approximate surface area is 168 Å². The van der Waals surface area contributed by atoms with Crippen molar-refractivity contribution in [2.45, 2.75) is 33.1 Å². The zero-order valence-corrected chi connectivity index (χ0v) is 16.5. The Morgan fingerprint density at radius 2 is 2.14 bits per heavy atom. The van der Waals surface area contributed by atoms with Crippen LogP contribution in [0.25, 0.3) is 11.4 Å². The number of anilines is 2. The predicted octanol–water partition coefficient (Wildman–Crippen LogP) is 4.14. The SMILES string of the molecule is CCN1CCc2ccc(NC(=O)CCc3nc(-c4ccc(F)c(C)c4)no3)cc21. The summed E-state index contributed by atoms with van der Waals surface area (Å²) < 4.78 is 18.6. The fourth-order valence-electron chi connectivity index (χ4n) is 3.55. The lowest BCUT2D eigenvalue weighted by atomic mass is 10.1. The number of aryl methyl sites for hydroxylation is 2. The van der Waals surface area contributed by atoms with Gasteiger partial charge in [0.1, 0.15) is 5.82 Å². The highest BCUT2D eigenvalue weighted by Gasteiger charge is 2.18. The van der Waals surface area contributed by atoms with Crippen LogP contribution in [0.15, 0.2) is 40.9 Å². The molecule has 1 aromatic heterocycles. The van der Waals surface area contributed by atoms with E-state index in [1.54, 1.807) is 19.1 Å². The standard InChI is InChI=1S/C22H23FN4O2/c1-3-27-11-10-15-4-6-17(13-19(15)27)24-20(28)8-9-21-25-22(26-29-21)16-5-7-18(23)14(2)12-16/h4-7,12-13H,3,8-11H2,1-2H3,(H,24,28). The molecule has 0 bridgehead atoms. The van der Waals surface area contributed by atoms with E-state index in [2.05, 4.69) is 33.3 Å². The molecular formula is C22H23FN4O2. The van der Waals surface area contributed by atoms with Crippen LogP contribution < -0.4 is 10.2 Å². The van der Waals surface area contributed by atoms with Crippen LogP contribution >= 0.6 is 0 Å². The first-order valence-electron chi connectivity index (χ1n) is 9.80. The highest BCUT2D eigenvalue weighted by Crippen LogP contribution is 2.30. The van der Waals surface area contributed by atoms with Crippen molar-refractivity contribution in [2.75, 3.05) is 23.3 Å². The van der Waals surface area contributed by atoms with Gasteiger partial charge in [0.2, 0.25) is 17.6 Å². The number of benzene rings is 2. The van der Waals surface area contributed by atoms with E-state index in [-0.39, 0.29) is 18.1 Å². The maximum Gasteiger partial charge on any atom is 0.227 e. The molecule has 1 aliphatic rings. The number of rotatable bonds is 6. The first kappa shape index (κ1) is 19.1. The topological polar surface area (TPSA) is 71.3 Å². The van der Waals surface area contributed by atoms with Gasteiger partial charge in [0.05, 0.1) is 0 Å². The summed E-state index contributed by atoms with van der Waals surface area (Å²) in [6, 6.07) is 10.7. The Bertz CT molecular complexity index is 1050. The minimum atomic E-state index is -0.275. The van der Waals surface area contributed by atoms with Crippen molar-refractivity contribution < 1.29 is 13.7 Å². The van der Waals surface area contributed by atoms with Crippen molar-refractivity contribution in [3.63, 3.8) is 0 Å². The highest BCUT2D eigenvalue weighted by atomic mass is 19.1. The van der Waals surface area contributed by atoms with Crippen LogP contribution in [-0.4, -0.2) is 29.1 Å². The largest absolute Gasteiger partial charge is 0.371 e. The zero-order chi connectivity index (χ0) is 20.4. The number of carbonyl (C=O) groups is 1. The molecule has 0 spiro atoms. The number of amides is 1. The molecule has 0 atom stereocenters. The Morgan fingerprint density at radius 1 is 1.28 bits per heavy atom. The summed E-state index contributed by atoms with van der Waals surface area (Å²) in [6.45, 7) is 5.79. The molecule has 7 heteroatoms. The van der Waals surface area contributed by atoms with Crippen LogP contribution in [0.3, 0.4) is 0 Å². The van der Waals surface area contributed by atoms with Gasteiger partial charge in [0.15, 0.2) is 0 Å². The number of nitrogens with zero attached hydrogens (tertiary/aromatic N) is 3. The summed E-state index contributed by atoms with van der Waals surface area (Å²) in [5, 5.41) is 6.87. The molecule has 0 saturated carbocycles. The summed E-state index contributed by atoms with van der Waals surface area (Å²) in [6.07, 6.45) is 1.62. The summed E-state index contributed by atoms with van der Waals surface area (Å²) in [4.78, 5) is 19.0. The number of halogens is 1. The van der Waals surface area contributed by atoms with Crippen molar-refractivity contribution >= 4 is 17.3 Å². The second kappa shape index (κ2) is 8.03. The first-order chi connectivity index (χ1) is 14.0. The van der Waals surface area contributed by atoms with Crippen LogP contribution in [0.1, 0.15) is 30.4 Å². The summed E-state index contributed by atoms with van der Waals surface area (Å²) in [5.74, 6) is 0.385. The van der Waals surface area contributed by atoms with Gasteiger partial charge in [-0.1, -0.05) is 11.2 Å². The molecule has 2 heterocycles.